The minimum atomic E-state index is -0.163. The second-order valence-electron chi connectivity index (χ2n) is 8.08. The number of hydrogen-bond donors (Lipinski definition) is 1. The van der Waals surface area contributed by atoms with Crippen LogP contribution in [0.4, 0.5) is 17.1 Å². The molecule has 0 amide bonds. The molecule has 0 heterocycles. The van der Waals surface area contributed by atoms with Crippen LogP contribution < -0.4 is 10.2 Å². The smallest absolute Gasteiger partial charge is 0.0640 e. The van der Waals surface area contributed by atoms with Gasteiger partial charge in [0.25, 0.3) is 0 Å². The highest BCUT2D eigenvalue weighted by molar-refractivity contribution is 5.74. The van der Waals surface area contributed by atoms with Gasteiger partial charge in [-0.1, -0.05) is 80.6 Å². The zero-order valence-corrected chi connectivity index (χ0v) is 18.6. The monoisotopic (exact) mass is 408 g/mol. The zero-order valence-electron chi connectivity index (χ0n) is 18.6. The van der Waals surface area contributed by atoms with Crippen molar-refractivity contribution in [2.45, 2.75) is 45.1 Å². The highest BCUT2D eigenvalue weighted by Gasteiger charge is 2.32. The van der Waals surface area contributed by atoms with Crippen molar-refractivity contribution in [3.8, 4) is 0 Å². The third-order valence-electron chi connectivity index (χ3n) is 6.27. The zero-order chi connectivity index (χ0) is 21.5. The lowest BCUT2D eigenvalue weighted by Crippen LogP contribution is -2.36. The van der Waals surface area contributed by atoms with Crippen LogP contribution in [0.25, 0.3) is 0 Å². The van der Waals surface area contributed by atoms with Crippen LogP contribution in [-0.2, 0) is 5.54 Å². The van der Waals surface area contributed by atoms with Gasteiger partial charge < -0.3 is 10.2 Å². The van der Waals surface area contributed by atoms with Gasteiger partial charge in [-0.2, -0.15) is 0 Å². The third-order valence-corrected chi connectivity index (χ3v) is 6.27. The van der Waals surface area contributed by atoms with Crippen molar-refractivity contribution >= 4 is 17.1 Å². The van der Waals surface area contributed by atoms with Gasteiger partial charge in [0.15, 0.2) is 0 Å². The van der Waals surface area contributed by atoms with Crippen molar-refractivity contribution in [3.63, 3.8) is 0 Å². The highest BCUT2D eigenvalue weighted by Crippen LogP contribution is 2.42. The van der Waals surface area contributed by atoms with Crippen molar-refractivity contribution in [1.82, 2.24) is 0 Å². The first-order valence-corrected chi connectivity index (χ1v) is 11.4. The van der Waals surface area contributed by atoms with E-state index in [1.54, 1.807) is 0 Å². The van der Waals surface area contributed by atoms with Crippen molar-refractivity contribution in [1.29, 1.82) is 0 Å². The first kappa shape index (κ1) is 21.0. The Balaban J connectivity index is 1.87. The predicted octanol–water partition coefficient (Wildman–Crippen LogP) is 8.19. The van der Waals surface area contributed by atoms with Gasteiger partial charge in [0.05, 0.1) is 11.2 Å². The van der Waals surface area contributed by atoms with Crippen LogP contribution in [-0.4, -0.2) is 0 Å². The van der Waals surface area contributed by atoms with Crippen LogP contribution in [0, 0.1) is 0 Å². The quantitative estimate of drug-likeness (QED) is 0.404. The number of anilines is 3. The van der Waals surface area contributed by atoms with E-state index >= 15 is 0 Å². The first-order chi connectivity index (χ1) is 15.3. The molecule has 0 spiro atoms. The summed E-state index contributed by atoms with van der Waals surface area (Å²) in [4.78, 5) is 2.41. The van der Waals surface area contributed by atoms with Crippen LogP contribution in [0.5, 0.6) is 0 Å². The number of nitrogens with zero attached hydrogens (tertiary/aromatic N) is 1. The number of nitrogens with one attached hydrogen (secondary N) is 1. The maximum atomic E-state index is 3.89. The fourth-order valence-corrected chi connectivity index (χ4v) is 4.52. The fourth-order valence-electron chi connectivity index (χ4n) is 4.52. The SMILES string of the molecule is CCC(CC)(Nc1ccccc1)c1ccccc1N(C1=CCCC=C1)c1ccccc1. The Bertz CT molecular complexity index is 1030. The predicted molar refractivity (Wildman–Crippen MR) is 134 cm³/mol. The maximum absolute atomic E-state index is 3.89. The second kappa shape index (κ2) is 9.70. The molecule has 1 aliphatic carbocycles. The molecule has 3 aromatic carbocycles. The Hall–Kier alpha value is -3.26. The Labute approximate surface area is 186 Å². The highest BCUT2D eigenvalue weighted by atomic mass is 15.2. The standard InChI is InChI=1S/C29H32N2/c1-3-29(4-2,30-24-16-8-5-9-17-24)27-22-14-15-23-28(27)31(25-18-10-6-11-19-25)26-20-12-7-13-21-26/h5-6,8-12,14-23,30H,3-4,7,13H2,1-2H3. The van der Waals surface area contributed by atoms with E-state index in [1.165, 1.54) is 22.6 Å². The molecule has 158 valence electrons. The van der Waals surface area contributed by atoms with E-state index in [0.29, 0.717) is 0 Å². The van der Waals surface area contributed by atoms with Crippen molar-refractivity contribution in [3.05, 3.63) is 114 Å². The van der Waals surface area contributed by atoms with Crippen molar-refractivity contribution < 1.29 is 0 Å². The van der Waals surface area contributed by atoms with E-state index in [9.17, 15) is 0 Å². The molecule has 0 saturated heterocycles. The molecule has 4 rings (SSSR count). The van der Waals surface area contributed by atoms with E-state index in [1.807, 2.05) is 0 Å². The number of rotatable bonds is 8. The number of para-hydroxylation sites is 3. The summed E-state index contributed by atoms with van der Waals surface area (Å²) in [5, 5.41) is 3.89. The van der Waals surface area contributed by atoms with E-state index < -0.39 is 0 Å². The Morgan fingerprint density at radius 3 is 2.06 bits per heavy atom. The van der Waals surface area contributed by atoms with Crippen LogP contribution in [0.3, 0.4) is 0 Å². The first-order valence-electron chi connectivity index (χ1n) is 11.4. The lowest BCUT2D eigenvalue weighted by Gasteiger charge is -2.39. The molecule has 0 aliphatic heterocycles. The normalized spacial score (nSPS) is 13.5. The molecule has 3 aromatic rings. The van der Waals surface area contributed by atoms with Gasteiger partial charge in [0, 0.05) is 22.6 Å². The molecule has 0 fully saturated rings. The Morgan fingerprint density at radius 1 is 0.774 bits per heavy atom. The largest absolute Gasteiger partial charge is 0.375 e. The summed E-state index contributed by atoms with van der Waals surface area (Å²) in [5.74, 6) is 0. The molecule has 0 unspecified atom stereocenters. The molecule has 1 aliphatic rings. The average Bonchev–Trinajstić information content (AvgIpc) is 2.85. The average molecular weight is 409 g/mol. The van der Waals surface area contributed by atoms with E-state index in [2.05, 4.69) is 127 Å². The minimum Gasteiger partial charge on any atom is -0.375 e. The summed E-state index contributed by atoms with van der Waals surface area (Å²) in [7, 11) is 0. The summed E-state index contributed by atoms with van der Waals surface area (Å²) < 4.78 is 0. The molecule has 31 heavy (non-hydrogen) atoms. The maximum Gasteiger partial charge on any atom is 0.0640 e. The van der Waals surface area contributed by atoms with E-state index in [4.69, 9.17) is 0 Å². The third kappa shape index (κ3) is 4.44. The van der Waals surface area contributed by atoms with Gasteiger partial charge in [0.1, 0.15) is 0 Å². The van der Waals surface area contributed by atoms with Gasteiger partial charge in [0.2, 0.25) is 0 Å². The van der Waals surface area contributed by atoms with Gasteiger partial charge in [-0.3, -0.25) is 0 Å². The number of hydrogen-bond acceptors (Lipinski definition) is 2. The van der Waals surface area contributed by atoms with Gasteiger partial charge >= 0.3 is 0 Å². The van der Waals surface area contributed by atoms with E-state index in [0.717, 1.165) is 31.4 Å². The molecule has 2 nitrogen and oxygen atoms in total. The molecule has 0 bridgehead atoms. The van der Waals surface area contributed by atoms with Crippen LogP contribution >= 0.6 is 0 Å². The number of allylic oxidation sites excluding steroid dienone is 3. The van der Waals surface area contributed by atoms with Crippen molar-refractivity contribution in [2.24, 2.45) is 0 Å². The minimum absolute atomic E-state index is 0.163. The molecule has 0 saturated carbocycles. The molecule has 0 aromatic heterocycles. The van der Waals surface area contributed by atoms with Gasteiger partial charge in [-0.05, 0) is 62.1 Å². The lowest BCUT2D eigenvalue weighted by molar-refractivity contribution is 0.455. The summed E-state index contributed by atoms with van der Waals surface area (Å²) in [5.41, 5.74) is 5.98. The van der Waals surface area contributed by atoms with Crippen LogP contribution in [0.1, 0.15) is 45.1 Å². The molecule has 0 atom stereocenters. The van der Waals surface area contributed by atoms with Gasteiger partial charge in [-0.25, -0.2) is 0 Å². The molecular weight excluding hydrogens is 376 g/mol. The lowest BCUT2D eigenvalue weighted by atomic mass is 9.82. The molecular formula is C29H32N2. The molecule has 2 heteroatoms. The second-order valence-corrected chi connectivity index (χ2v) is 8.08. The Kier molecular flexibility index (Phi) is 6.57. The number of benzene rings is 3. The Morgan fingerprint density at radius 2 is 1.42 bits per heavy atom. The summed E-state index contributed by atoms with van der Waals surface area (Å²) in [6, 6.07) is 30.2. The van der Waals surface area contributed by atoms with Crippen molar-refractivity contribution in [2.75, 3.05) is 10.2 Å². The van der Waals surface area contributed by atoms with E-state index in [-0.39, 0.29) is 5.54 Å². The van der Waals surface area contributed by atoms with Crippen LogP contribution in [0.2, 0.25) is 0 Å². The summed E-state index contributed by atoms with van der Waals surface area (Å²) in [6.45, 7) is 4.56. The van der Waals surface area contributed by atoms with Gasteiger partial charge in [-0.15, -0.1) is 0 Å². The summed E-state index contributed by atoms with van der Waals surface area (Å²) in [6.07, 6.45) is 11.1. The summed E-state index contributed by atoms with van der Waals surface area (Å²) >= 11 is 0. The molecule has 1 N–H and O–H groups in total. The topological polar surface area (TPSA) is 15.3 Å². The fraction of sp³-hybridized carbons (Fsp3) is 0.241. The van der Waals surface area contributed by atoms with Crippen LogP contribution in [0.15, 0.2) is 109 Å². The molecule has 0 radical (unpaired) electrons.